The quantitative estimate of drug-likeness (QED) is 0.752. The van der Waals surface area contributed by atoms with Crippen molar-refractivity contribution in [3.8, 4) is 0 Å². The Balaban J connectivity index is 1.80. The number of halogens is 2. The van der Waals surface area contributed by atoms with E-state index in [0.29, 0.717) is 23.0 Å². The van der Waals surface area contributed by atoms with E-state index in [4.69, 9.17) is 16.0 Å². The minimum Gasteiger partial charge on any atom is -0.441 e. The summed E-state index contributed by atoms with van der Waals surface area (Å²) in [5.74, 6) is 0.436. The molecule has 0 unspecified atom stereocenters. The van der Waals surface area contributed by atoms with Gasteiger partial charge in [0.15, 0.2) is 11.5 Å². The van der Waals surface area contributed by atoms with Gasteiger partial charge in [0.1, 0.15) is 11.3 Å². The van der Waals surface area contributed by atoms with Crippen molar-refractivity contribution in [2.75, 3.05) is 5.32 Å². The second-order valence-corrected chi connectivity index (χ2v) is 5.17. The van der Waals surface area contributed by atoms with Gasteiger partial charge in [0.05, 0.1) is 0 Å². The molecule has 0 radical (unpaired) electrons. The SMILES string of the molecule is CCc1nc2cc(NCc3cc(Cl)ccc3F)ccc2o1. The van der Waals surface area contributed by atoms with Crippen LogP contribution < -0.4 is 5.32 Å². The van der Waals surface area contributed by atoms with Gasteiger partial charge in [-0.15, -0.1) is 0 Å². The summed E-state index contributed by atoms with van der Waals surface area (Å²) in [6, 6.07) is 10.2. The van der Waals surface area contributed by atoms with Crippen LogP contribution >= 0.6 is 11.6 Å². The van der Waals surface area contributed by atoms with Gasteiger partial charge in [-0.3, -0.25) is 0 Å². The van der Waals surface area contributed by atoms with E-state index in [1.54, 1.807) is 6.07 Å². The van der Waals surface area contributed by atoms with Crippen molar-refractivity contribution >= 4 is 28.4 Å². The normalized spacial score (nSPS) is 11.0. The average molecular weight is 305 g/mol. The Morgan fingerprint density at radius 1 is 1.24 bits per heavy atom. The molecule has 1 heterocycles. The molecule has 0 saturated heterocycles. The van der Waals surface area contributed by atoms with Crippen LogP contribution in [0.1, 0.15) is 18.4 Å². The molecule has 0 saturated carbocycles. The molecule has 3 nitrogen and oxygen atoms in total. The van der Waals surface area contributed by atoms with Crippen molar-refractivity contribution in [3.63, 3.8) is 0 Å². The van der Waals surface area contributed by atoms with Gasteiger partial charge >= 0.3 is 0 Å². The molecular weight excluding hydrogens is 291 g/mol. The highest BCUT2D eigenvalue weighted by molar-refractivity contribution is 6.30. The monoisotopic (exact) mass is 304 g/mol. The van der Waals surface area contributed by atoms with Gasteiger partial charge in [0.25, 0.3) is 0 Å². The first kappa shape index (κ1) is 13.9. The topological polar surface area (TPSA) is 38.1 Å². The minimum atomic E-state index is -0.275. The molecule has 0 amide bonds. The highest BCUT2D eigenvalue weighted by Crippen LogP contribution is 2.22. The van der Waals surface area contributed by atoms with E-state index < -0.39 is 0 Å². The Kier molecular flexibility index (Phi) is 3.80. The number of hydrogen-bond acceptors (Lipinski definition) is 3. The Hall–Kier alpha value is -2.07. The number of aryl methyl sites for hydroxylation is 1. The fourth-order valence-corrected chi connectivity index (χ4v) is 2.31. The Morgan fingerprint density at radius 3 is 2.90 bits per heavy atom. The molecule has 108 valence electrons. The van der Waals surface area contributed by atoms with E-state index >= 15 is 0 Å². The molecule has 2 aromatic carbocycles. The van der Waals surface area contributed by atoms with Crippen molar-refractivity contribution in [1.29, 1.82) is 0 Å². The summed E-state index contributed by atoms with van der Waals surface area (Å²) in [5.41, 5.74) is 2.93. The van der Waals surface area contributed by atoms with Crippen LogP contribution in [-0.4, -0.2) is 4.98 Å². The summed E-state index contributed by atoms with van der Waals surface area (Å²) in [7, 11) is 0. The van der Waals surface area contributed by atoms with E-state index in [0.717, 1.165) is 23.2 Å². The summed E-state index contributed by atoms with van der Waals surface area (Å²) < 4.78 is 19.2. The third-order valence-electron chi connectivity index (χ3n) is 3.23. The number of benzene rings is 2. The van der Waals surface area contributed by atoms with Crippen LogP contribution in [0.25, 0.3) is 11.1 Å². The predicted octanol–water partition coefficient (Wildman–Crippen LogP) is 4.79. The van der Waals surface area contributed by atoms with E-state index in [-0.39, 0.29) is 5.82 Å². The van der Waals surface area contributed by atoms with Crippen LogP contribution in [0.4, 0.5) is 10.1 Å². The zero-order valence-electron chi connectivity index (χ0n) is 11.5. The Morgan fingerprint density at radius 2 is 2.10 bits per heavy atom. The highest BCUT2D eigenvalue weighted by Gasteiger charge is 2.06. The molecule has 0 spiro atoms. The Bertz CT molecular complexity index is 785. The smallest absolute Gasteiger partial charge is 0.195 e. The lowest BCUT2D eigenvalue weighted by Crippen LogP contribution is -2.01. The van der Waals surface area contributed by atoms with Gasteiger partial charge in [-0.2, -0.15) is 0 Å². The first-order valence-electron chi connectivity index (χ1n) is 6.73. The first-order valence-corrected chi connectivity index (χ1v) is 7.11. The number of oxazole rings is 1. The van der Waals surface area contributed by atoms with Gasteiger partial charge in [0.2, 0.25) is 0 Å². The van der Waals surface area contributed by atoms with E-state index in [2.05, 4.69) is 10.3 Å². The third-order valence-corrected chi connectivity index (χ3v) is 3.46. The molecular formula is C16H14ClFN2O. The second kappa shape index (κ2) is 5.74. The number of nitrogens with one attached hydrogen (secondary N) is 1. The van der Waals surface area contributed by atoms with Crippen molar-refractivity contribution in [3.05, 3.63) is 58.7 Å². The second-order valence-electron chi connectivity index (χ2n) is 4.73. The maximum Gasteiger partial charge on any atom is 0.195 e. The molecule has 1 aromatic heterocycles. The fourth-order valence-electron chi connectivity index (χ4n) is 2.11. The number of nitrogens with zero attached hydrogens (tertiary/aromatic N) is 1. The van der Waals surface area contributed by atoms with Crippen LogP contribution in [0.15, 0.2) is 40.8 Å². The van der Waals surface area contributed by atoms with Gasteiger partial charge in [-0.1, -0.05) is 18.5 Å². The van der Waals surface area contributed by atoms with Gasteiger partial charge in [0, 0.05) is 29.2 Å². The zero-order chi connectivity index (χ0) is 14.8. The molecule has 21 heavy (non-hydrogen) atoms. The fraction of sp³-hybridized carbons (Fsp3) is 0.188. The molecule has 1 N–H and O–H groups in total. The molecule has 0 aliphatic heterocycles. The molecule has 0 fully saturated rings. The number of anilines is 1. The number of fused-ring (bicyclic) bond motifs is 1. The molecule has 0 aliphatic carbocycles. The molecule has 0 atom stereocenters. The maximum absolute atomic E-state index is 13.6. The number of rotatable bonds is 4. The van der Waals surface area contributed by atoms with Crippen LogP contribution in [0, 0.1) is 5.82 Å². The number of aromatic nitrogens is 1. The minimum absolute atomic E-state index is 0.275. The molecule has 0 aliphatic rings. The number of hydrogen-bond donors (Lipinski definition) is 1. The average Bonchev–Trinajstić information content (AvgIpc) is 2.90. The lowest BCUT2D eigenvalue weighted by atomic mass is 10.2. The first-order chi connectivity index (χ1) is 10.2. The van der Waals surface area contributed by atoms with Gasteiger partial charge in [-0.05, 0) is 36.4 Å². The van der Waals surface area contributed by atoms with E-state index in [1.807, 2.05) is 25.1 Å². The predicted molar refractivity (Wildman–Crippen MR) is 82.1 cm³/mol. The van der Waals surface area contributed by atoms with Crippen LogP contribution in [-0.2, 0) is 13.0 Å². The summed E-state index contributed by atoms with van der Waals surface area (Å²) >= 11 is 5.88. The lowest BCUT2D eigenvalue weighted by Gasteiger charge is -2.07. The van der Waals surface area contributed by atoms with Crippen LogP contribution in [0.2, 0.25) is 5.02 Å². The van der Waals surface area contributed by atoms with Gasteiger partial charge in [-0.25, -0.2) is 9.37 Å². The molecule has 0 bridgehead atoms. The molecule has 3 rings (SSSR count). The van der Waals surface area contributed by atoms with E-state index in [9.17, 15) is 4.39 Å². The largest absolute Gasteiger partial charge is 0.441 e. The van der Waals surface area contributed by atoms with Crippen molar-refractivity contribution < 1.29 is 8.81 Å². The molecule has 3 aromatic rings. The van der Waals surface area contributed by atoms with Crippen LogP contribution in [0.5, 0.6) is 0 Å². The standard InChI is InChI=1S/C16H14ClFN2O/c1-2-16-20-14-8-12(4-6-15(14)21-16)19-9-10-7-11(17)3-5-13(10)18/h3-8,19H,2,9H2,1H3. The zero-order valence-corrected chi connectivity index (χ0v) is 12.2. The van der Waals surface area contributed by atoms with E-state index in [1.165, 1.54) is 12.1 Å². The van der Waals surface area contributed by atoms with Crippen LogP contribution in [0.3, 0.4) is 0 Å². The maximum atomic E-state index is 13.6. The summed E-state index contributed by atoms with van der Waals surface area (Å²) in [4.78, 5) is 4.38. The third kappa shape index (κ3) is 3.00. The summed E-state index contributed by atoms with van der Waals surface area (Å²) in [6.45, 7) is 2.35. The highest BCUT2D eigenvalue weighted by atomic mass is 35.5. The van der Waals surface area contributed by atoms with Crippen molar-refractivity contribution in [1.82, 2.24) is 4.98 Å². The van der Waals surface area contributed by atoms with Crippen molar-refractivity contribution in [2.24, 2.45) is 0 Å². The molecule has 5 heteroatoms. The summed E-state index contributed by atoms with van der Waals surface area (Å²) in [5, 5.41) is 3.69. The van der Waals surface area contributed by atoms with Gasteiger partial charge < -0.3 is 9.73 Å². The van der Waals surface area contributed by atoms with Crippen molar-refractivity contribution in [2.45, 2.75) is 19.9 Å². The lowest BCUT2D eigenvalue weighted by molar-refractivity contribution is 0.538. The Labute approximate surface area is 126 Å². The summed E-state index contributed by atoms with van der Waals surface area (Å²) in [6.07, 6.45) is 0.755.